The largest absolute Gasteiger partial charge is 0.506 e. The number of aliphatic imine (C=N–C) groups is 1. The summed E-state index contributed by atoms with van der Waals surface area (Å²) < 4.78 is 54.0. The van der Waals surface area contributed by atoms with Crippen LogP contribution < -0.4 is 11.1 Å². The van der Waals surface area contributed by atoms with Gasteiger partial charge in [-0.1, -0.05) is 12.1 Å². The van der Waals surface area contributed by atoms with E-state index in [0.29, 0.717) is 0 Å². The number of hydrogen-bond acceptors (Lipinski definition) is 7. The maximum absolute atomic E-state index is 14.9. The summed E-state index contributed by atoms with van der Waals surface area (Å²) in [7, 11) is -4.11. The summed E-state index contributed by atoms with van der Waals surface area (Å²) in [5.74, 6) is -3.02. The topological polar surface area (TPSA) is 135 Å². The Kier molecular flexibility index (Phi) is 5.84. The molecule has 1 aromatic heterocycles. The van der Waals surface area contributed by atoms with Gasteiger partial charge in [0.25, 0.3) is 5.91 Å². The zero-order chi connectivity index (χ0) is 25.6. The summed E-state index contributed by atoms with van der Waals surface area (Å²) in [6, 6.07) is 11.4. The zero-order valence-electron chi connectivity index (χ0n) is 18.8. The highest BCUT2D eigenvalue weighted by atomic mass is 32.2. The predicted octanol–water partition coefficient (Wildman–Crippen LogP) is 3.23. The number of pyridine rings is 1. The van der Waals surface area contributed by atoms with Crippen LogP contribution in [0.25, 0.3) is 0 Å². The van der Waals surface area contributed by atoms with Gasteiger partial charge in [-0.2, -0.15) is 0 Å². The molecule has 0 saturated heterocycles. The van der Waals surface area contributed by atoms with Gasteiger partial charge in [-0.15, -0.1) is 0 Å². The van der Waals surface area contributed by atoms with Crippen molar-refractivity contribution in [3.8, 4) is 5.75 Å². The van der Waals surface area contributed by atoms with E-state index in [1.807, 2.05) is 0 Å². The molecule has 0 saturated carbocycles. The van der Waals surface area contributed by atoms with Crippen LogP contribution in [0.4, 0.5) is 14.5 Å². The number of benzene rings is 2. The van der Waals surface area contributed by atoms with Crippen LogP contribution in [0.1, 0.15) is 35.5 Å². The van der Waals surface area contributed by atoms with E-state index >= 15 is 0 Å². The number of aromatic hydroxyl groups is 1. The van der Waals surface area contributed by atoms with Crippen LogP contribution in [0, 0.1) is 11.6 Å². The van der Waals surface area contributed by atoms with Crippen molar-refractivity contribution in [2.75, 3.05) is 11.1 Å². The number of carbonyl (C=O) groups is 1. The Morgan fingerprint density at radius 3 is 2.49 bits per heavy atom. The molecule has 2 aromatic carbocycles. The Hall–Kier alpha value is -3.86. The molecule has 35 heavy (non-hydrogen) atoms. The first kappa shape index (κ1) is 24.3. The fourth-order valence-electron chi connectivity index (χ4n) is 4.06. The monoisotopic (exact) mass is 500 g/mol. The lowest BCUT2D eigenvalue weighted by Crippen LogP contribution is -2.54. The molecule has 11 heteroatoms. The standard InChI is InChI=1S/C24H22F2N4O4S/c1-23(13-35(33,34)24(2,22(27)30-23)14-4-3-5-15(25)10-14)18-11-16(6-8-19(18)26)29-21(32)20-9-7-17(31)12-28-20/h3-12,31H,13H2,1-2H3,(H2,27,30)(H,29,32)/t23-,24-/m0/s1. The fraction of sp³-hybridized carbons (Fsp3) is 0.208. The molecule has 1 aliphatic rings. The summed E-state index contributed by atoms with van der Waals surface area (Å²) in [4.78, 5) is 20.7. The predicted molar refractivity (Wildman–Crippen MR) is 127 cm³/mol. The van der Waals surface area contributed by atoms with E-state index in [-0.39, 0.29) is 34.1 Å². The number of nitrogens with one attached hydrogen (secondary N) is 1. The average molecular weight is 501 g/mol. The second kappa shape index (κ2) is 8.42. The first-order chi connectivity index (χ1) is 16.4. The molecule has 0 bridgehead atoms. The maximum Gasteiger partial charge on any atom is 0.274 e. The number of halogens is 2. The fourth-order valence-corrected chi connectivity index (χ4v) is 6.16. The Labute approximate surface area is 200 Å². The van der Waals surface area contributed by atoms with E-state index in [1.165, 1.54) is 56.3 Å². The Bertz CT molecular complexity index is 1460. The number of sulfone groups is 1. The van der Waals surface area contributed by atoms with Crippen LogP contribution in [0.15, 0.2) is 65.8 Å². The average Bonchev–Trinajstić information content (AvgIpc) is 2.78. The minimum absolute atomic E-state index is 0.00764. The van der Waals surface area contributed by atoms with Crippen molar-refractivity contribution < 1.29 is 27.1 Å². The maximum atomic E-state index is 14.9. The van der Waals surface area contributed by atoms with E-state index in [2.05, 4.69) is 15.3 Å². The van der Waals surface area contributed by atoms with Crippen molar-refractivity contribution >= 4 is 27.3 Å². The number of amides is 1. The van der Waals surface area contributed by atoms with Gasteiger partial charge in [-0.05, 0) is 61.9 Å². The number of rotatable bonds is 4. The highest BCUT2D eigenvalue weighted by molar-refractivity contribution is 7.93. The smallest absolute Gasteiger partial charge is 0.274 e. The number of amidine groups is 1. The third-order valence-electron chi connectivity index (χ3n) is 6.11. The number of aromatic nitrogens is 1. The van der Waals surface area contributed by atoms with Gasteiger partial charge in [0.15, 0.2) is 14.6 Å². The van der Waals surface area contributed by atoms with E-state index in [4.69, 9.17) is 5.73 Å². The molecule has 182 valence electrons. The van der Waals surface area contributed by atoms with Crippen molar-refractivity contribution in [3.63, 3.8) is 0 Å². The van der Waals surface area contributed by atoms with Gasteiger partial charge in [0.05, 0.1) is 11.9 Å². The second-order valence-corrected chi connectivity index (χ2v) is 11.0. The molecule has 0 fully saturated rings. The van der Waals surface area contributed by atoms with Crippen LogP contribution >= 0.6 is 0 Å². The van der Waals surface area contributed by atoms with Gasteiger partial charge in [-0.3, -0.25) is 9.79 Å². The van der Waals surface area contributed by atoms with Crippen molar-refractivity contribution in [2.45, 2.75) is 24.1 Å². The van der Waals surface area contributed by atoms with Crippen molar-refractivity contribution in [1.29, 1.82) is 0 Å². The van der Waals surface area contributed by atoms with E-state index < -0.39 is 43.4 Å². The van der Waals surface area contributed by atoms with E-state index in [1.54, 1.807) is 0 Å². The van der Waals surface area contributed by atoms with Gasteiger partial charge in [-0.25, -0.2) is 22.2 Å². The van der Waals surface area contributed by atoms with Crippen LogP contribution in [0.2, 0.25) is 0 Å². The van der Waals surface area contributed by atoms with Gasteiger partial charge in [0.2, 0.25) is 0 Å². The zero-order valence-corrected chi connectivity index (χ0v) is 19.6. The molecule has 0 spiro atoms. The first-order valence-corrected chi connectivity index (χ1v) is 12.1. The van der Waals surface area contributed by atoms with Crippen LogP contribution in [-0.2, 0) is 20.1 Å². The SMILES string of the molecule is C[C@@]1(c2cc(NC(=O)c3ccc(O)cn3)ccc2F)CS(=O)(=O)[C@@](C)(c2cccc(F)c2)C(N)=N1. The Morgan fingerprint density at radius 1 is 1.11 bits per heavy atom. The normalized spacial score (nSPS) is 23.4. The van der Waals surface area contributed by atoms with Crippen LogP contribution in [-0.4, -0.2) is 36.0 Å². The summed E-state index contributed by atoms with van der Waals surface area (Å²) in [5, 5.41) is 11.9. The summed E-state index contributed by atoms with van der Waals surface area (Å²) in [5.41, 5.74) is 4.75. The van der Waals surface area contributed by atoms with Gasteiger partial charge >= 0.3 is 0 Å². The van der Waals surface area contributed by atoms with Crippen LogP contribution in [0.3, 0.4) is 0 Å². The van der Waals surface area contributed by atoms with Gasteiger partial charge in [0.1, 0.15) is 34.5 Å². The summed E-state index contributed by atoms with van der Waals surface area (Å²) in [6.07, 6.45) is 1.10. The third kappa shape index (κ3) is 4.23. The lowest BCUT2D eigenvalue weighted by molar-refractivity contribution is 0.102. The molecule has 0 aliphatic carbocycles. The number of carbonyl (C=O) groups excluding carboxylic acids is 1. The molecule has 4 rings (SSSR count). The van der Waals surface area contributed by atoms with Crippen molar-refractivity contribution in [1.82, 2.24) is 4.98 Å². The molecule has 2 atom stereocenters. The molecule has 8 nitrogen and oxygen atoms in total. The molecule has 0 unspecified atom stereocenters. The van der Waals surface area contributed by atoms with Crippen molar-refractivity contribution in [2.24, 2.45) is 10.7 Å². The Morgan fingerprint density at radius 2 is 1.86 bits per heavy atom. The molecule has 2 heterocycles. The van der Waals surface area contributed by atoms with Gasteiger partial charge < -0.3 is 16.2 Å². The molecule has 4 N–H and O–H groups in total. The van der Waals surface area contributed by atoms with E-state index in [0.717, 1.165) is 18.3 Å². The summed E-state index contributed by atoms with van der Waals surface area (Å²) >= 11 is 0. The van der Waals surface area contributed by atoms with E-state index in [9.17, 15) is 27.1 Å². The Balaban J connectivity index is 1.74. The van der Waals surface area contributed by atoms with Crippen molar-refractivity contribution in [3.05, 3.63) is 89.2 Å². The molecule has 0 radical (unpaired) electrons. The molecule has 1 aliphatic heterocycles. The quantitative estimate of drug-likeness (QED) is 0.503. The number of anilines is 1. The lowest BCUT2D eigenvalue weighted by Gasteiger charge is -2.40. The first-order valence-electron chi connectivity index (χ1n) is 10.5. The number of nitrogens with two attached hydrogens (primary N) is 1. The second-order valence-electron chi connectivity index (χ2n) is 8.62. The highest BCUT2D eigenvalue weighted by Crippen LogP contribution is 2.43. The number of nitrogens with zero attached hydrogens (tertiary/aromatic N) is 2. The highest BCUT2D eigenvalue weighted by Gasteiger charge is 2.53. The molecule has 1 amide bonds. The minimum atomic E-state index is -4.11. The summed E-state index contributed by atoms with van der Waals surface area (Å²) in [6.45, 7) is 2.77. The molecular formula is C24H22F2N4O4S. The molecular weight excluding hydrogens is 478 g/mol. The third-order valence-corrected chi connectivity index (χ3v) is 8.74. The minimum Gasteiger partial charge on any atom is -0.506 e. The lowest BCUT2D eigenvalue weighted by atomic mass is 9.91. The van der Waals surface area contributed by atoms with Crippen LogP contribution in [0.5, 0.6) is 5.75 Å². The van der Waals surface area contributed by atoms with Gasteiger partial charge in [0, 0.05) is 11.3 Å². The molecule has 3 aromatic rings. The number of hydrogen-bond donors (Lipinski definition) is 3.